The van der Waals surface area contributed by atoms with Gasteiger partial charge in [0.15, 0.2) is 17.3 Å². The number of hydrogen-bond acceptors (Lipinski definition) is 8. The van der Waals surface area contributed by atoms with Gasteiger partial charge in [0.2, 0.25) is 5.95 Å². The van der Waals surface area contributed by atoms with E-state index >= 15 is 0 Å². The SMILES string of the molecule is Fc1cccnc1Nc1ncc(-c2cnc3ccc(N[C@H]4CCNC4)nn23)cn1. The van der Waals surface area contributed by atoms with Crippen LogP contribution in [0.3, 0.4) is 0 Å². The molecule has 0 spiro atoms. The molecule has 5 rings (SSSR count). The van der Waals surface area contributed by atoms with Crippen LogP contribution >= 0.6 is 0 Å². The van der Waals surface area contributed by atoms with E-state index in [2.05, 4.69) is 41.0 Å². The van der Waals surface area contributed by atoms with Gasteiger partial charge in [0.1, 0.15) is 5.82 Å². The molecule has 0 amide bonds. The van der Waals surface area contributed by atoms with E-state index in [-0.39, 0.29) is 11.8 Å². The van der Waals surface area contributed by atoms with Crippen LogP contribution in [0.5, 0.6) is 0 Å². The average Bonchev–Trinajstić information content (AvgIpc) is 3.40. The van der Waals surface area contributed by atoms with Crippen molar-refractivity contribution in [2.24, 2.45) is 0 Å². The monoisotopic (exact) mass is 391 g/mol. The van der Waals surface area contributed by atoms with Crippen LogP contribution in [0.25, 0.3) is 16.9 Å². The Morgan fingerprint density at radius 2 is 1.97 bits per heavy atom. The lowest BCUT2D eigenvalue weighted by atomic mass is 10.2. The quantitative estimate of drug-likeness (QED) is 0.476. The minimum absolute atomic E-state index is 0.0776. The molecule has 1 aliphatic rings. The van der Waals surface area contributed by atoms with Crippen LogP contribution in [-0.2, 0) is 0 Å². The van der Waals surface area contributed by atoms with Crippen molar-refractivity contribution in [3.63, 3.8) is 0 Å². The Morgan fingerprint density at radius 3 is 2.76 bits per heavy atom. The number of anilines is 3. The summed E-state index contributed by atoms with van der Waals surface area (Å²) in [5.74, 6) is 0.650. The van der Waals surface area contributed by atoms with E-state index in [1.54, 1.807) is 23.1 Å². The number of imidazole rings is 1. The van der Waals surface area contributed by atoms with Gasteiger partial charge in [-0.15, -0.1) is 5.10 Å². The standard InChI is InChI=1S/C19H18FN9/c20-14-2-1-6-22-18(14)27-19-24-8-12(9-25-19)15-11-23-17-4-3-16(28-29(15)17)26-13-5-7-21-10-13/h1-4,6,8-9,11,13,21H,5,7,10H2,(H,26,28)(H,22,24,25,27)/t13-/m0/s1. The third-order valence-corrected chi connectivity index (χ3v) is 4.71. The zero-order chi connectivity index (χ0) is 19.6. The smallest absolute Gasteiger partial charge is 0.228 e. The molecular formula is C19H18FN9. The maximum absolute atomic E-state index is 13.7. The van der Waals surface area contributed by atoms with Gasteiger partial charge in [-0.1, -0.05) is 0 Å². The molecule has 0 aromatic carbocycles. The minimum atomic E-state index is -0.469. The molecule has 0 radical (unpaired) electrons. The number of fused-ring (bicyclic) bond motifs is 1. The van der Waals surface area contributed by atoms with Gasteiger partial charge in [0.25, 0.3) is 0 Å². The molecular weight excluding hydrogens is 373 g/mol. The molecule has 5 heterocycles. The molecule has 1 aliphatic heterocycles. The van der Waals surface area contributed by atoms with Crippen molar-refractivity contribution in [1.82, 2.24) is 34.9 Å². The highest BCUT2D eigenvalue weighted by atomic mass is 19.1. The van der Waals surface area contributed by atoms with Crippen molar-refractivity contribution in [3.8, 4) is 11.3 Å². The number of rotatable bonds is 5. The molecule has 1 fully saturated rings. The summed E-state index contributed by atoms with van der Waals surface area (Å²) in [6.45, 7) is 1.94. The van der Waals surface area contributed by atoms with Crippen molar-refractivity contribution in [3.05, 3.63) is 54.9 Å². The third-order valence-electron chi connectivity index (χ3n) is 4.71. The maximum Gasteiger partial charge on any atom is 0.228 e. The fraction of sp³-hybridized carbons (Fsp3) is 0.211. The van der Waals surface area contributed by atoms with Gasteiger partial charge >= 0.3 is 0 Å². The average molecular weight is 391 g/mol. The van der Waals surface area contributed by atoms with Crippen LogP contribution in [0.15, 0.2) is 49.1 Å². The number of hydrogen-bond donors (Lipinski definition) is 3. The van der Waals surface area contributed by atoms with E-state index in [0.717, 1.165) is 42.2 Å². The number of aromatic nitrogens is 6. The van der Waals surface area contributed by atoms with E-state index in [9.17, 15) is 4.39 Å². The number of halogens is 1. The summed E-state index contributed by atoms with van der Waals surface area (Å²) in [6, 6.07) is 7.06. The Balaban J connectivity index is 1.40. The van der Waals surface area contributed by atoms with E-state index in [1.807, 2.05) is 12.1 Å². The minimum Gasteiger partial charge on any atom is -0.365 e. The van der Waals surface area contributed by atoms with Crippen LogP contribution in [-0.4, -0.2) is 48.7 Å². The molecule has 3 N–H and O–H groups in total. The summed E-state index contributed by atoms with van der Waals surface area (Å²) in [5.41, 5.74) is 2.24. The van der Waals surface area contributed by atoms with Gasteiger partial charge in [0.05, 0.1) is 11.9 Å². The van der Waals surface area contributed by atoms with Gasteiger partial charge < -0.3 is 16.0 Å². The molecule has 0 unspecified atom stereocenters. The van der Waals surface area contributed by atoms with Crippen molar-refractivity contribution >= 4 is 23.2 Å². The molecule has 4 aromatic rings. The summed E-state index contributed by atoms with van der Waals surface area (Å²) in [7, 11) is 0. The van der Waals surface area contributed by atoms with Gasteiger partial charge in [-0.2, -0.15) is 0 Å². The second kappa shape index (κ2) is 7.40. The fourth-order valence-corrected chi connectivity index (χ4v) is 3.24. The fourth-order valence-electron chi connectivity index (χ4n) is 3.24. The highest BCUT2D eigenvalue weighted by molar-refractivity contribution is 5.63. The predicted octanol–water partition coefficient (Wildman–Crippen LogP) is 2.24. The lowest BCUT2D eigenvalue weighted by Gasteiger charge is -2.12. The van der Waals surface area contributed by atoms with Crippen molar-refractivity contribution in [1.29, 1.82) is 0 Å². The molecule has 0 saturated carbocycles. The Kier molecular flexibility index (Phi) is 4.45. The number of nitrogens with one attached hydrogen (secondary N) is 3. The summed E-state index contributed by atoms with van der Waals surface area (Å²) < 4.78 is 15.5. The van der Waals surface area contributed by atoms with Crippen LogP contribution in [0.2, 0.25) is 0 Å². The van der Waals surface area contributed by atoms with Crippen molar-refractivity contribution in [2.75, 3.05) is 23.7 Å². The highest BCUT2D eigenvalue weighted by Crippen LogP contribution is 2.21. The first-order valence-corrected chi connectivity index (χ1v) is 9.28. The molecule has 146 valence electrons. The third kappa shape index (κ3) is 3.57. The normalized spacial score (nSPS) is 16.2. The first-order valence-electron chi connectivity index (χ1n) is 9.28. The maximum atomic E-state index is 13.7. The molecule has 29 heavy (non-hydrogen) atoms. The molecule has 1 saturated heterocycles. The van der Waals surface area contributed by atoms with E-state index in [1.165, 1.54) is 18.3 Å². The lowest BCUT2D eigenvalue weighted by Crippen LogP contribution is -2.23. The lowest BCUT2D eigenvalue weighted by molar-refractivity contribution is 0.626. The van der Waals surface area contributed by atoms with Gasteiger partial charge in [0, 0.05) is 36.7 Å². The number of pyridine rings is 1. The van der Waals surface area contributed by atoms with Gasteiger partial charge in [-0.05, 0) is 37.2 Å². The van der Waals surface area contributed by atoms with Crippen LogP contribution < -0.4 is 16.0 Å². The van der Waals surface area contributed by atoms with Crippen LogP contribution in [0, 0.1) is 5.82 Å². The highest BCUT2D eigenvalue weighted by Gasteiger charge is 2.15. The van der Waals surface area contributed by atoms with E-state index in [0.29, 0.717) is 6.04 Å². The first kappa shape index (κ1) is 17.4. The van der Waals surface area contributed by atoms with Gasteiger partial charge in [-0.25, -0.2) is 28.8 Å². The van der Waals surface area contributed by atoms with E-state index in [4.69, 9.17) is 0 Å². The Hall–Kier alpha value is -3.66. The molecule has 0 bridgehead atoms. The molecule has 0 aliphatic carbocycles. The zero-order valence-electron chi connectivity index (χ0n) is 15.4. The van der Waals surface area contributed by atoms with Crippen molar-refractivity contribution in [2.45, 2.75) is 12.5 Å². The largest absolute Gasteiger partial charge is 0.365 e. The Morgan fingerprint density at radius 1 is 1.07 bits per heavy atom. The molecule has 1 atom stereocenters. The summed E-state index contributed by atoms with van der Waals surface area (Å²) >= 11 is 0. The van der Waals surface area contributed by atoms with Crippen molar-refractivity contribution < 1.29 is 4.39 Å². The molecule has 4 aromatic heterocycles. The molecule has 9 nitrogen and oxygen atoms in total. The second-order valence-electron chi connectivity index (χ2n) is 6.72. The summed E-state index contributed by atoms with van der Waals surface area (Å²) in [4.78, 5) is 16.9. The van der Waals surface area contributed by atoms with Crippen LogP contribution in [0.4, 0.5) is 22.0 Å². The second-order valence-corrected chi connectivity index (χ2v) is 6.72. The zero-order valence-corrected chi connectivity index (χ0v) is 15.4. The van der Waals surface area contributed by atoms with E-state index < -0.39 is 5.82 Å². The van der Waals surface area contributed by atoms with Crippen LogP contribution in [0.1, 0.15) is 6.42 Å². The molecule has 10 heteroatoms. The predicted molar refractivity (Wildman–Crippen MR) is 106 cm³/mol. The first-order chi connectivity index (χ1) is 14.3. The summed E-state index contributed by atoms with van der Waals surface area (Å²) in [6.07, 6.45) is 7.57. The summed E-state index contributed by atoms with van der Waals surface area (Å²) in [5, 5.41) is 14.2. The number of nitrogens with zero attached hydrogens (tertiary/aromatic N) is 6. The van der Waals surface area contributed by atoms with Gasteiger partial charge in [-0.3, -0.25) is 0 Å². The Labute approximate surface area is 165 Å². The Bertz CT molecular complexity index is 1140. The topological polar surface area (TPSA) is 105 Å².